The zero-order valence-corrected chi connectivity index (χ0v) is 9.99. The minimum absolute atomic E-state index is 0.0435. The number of rotatable bonds is 3. The van der Waals surface area contributed by atoms with Gasteiger partial charge in [-0.2, -0.15) is 5.10 Å². The molecule has 0 aliphatic heterocycles. The van der Waals surface area contributed by atoms with E-state index >= 15 is 0 Å². The average molecular weight is 232 g/mol. The number of ketones is 1. The first-order chi connectivity index (χ1) is 7.65. The van der Waals surface area contributed by atoms with Crippen LogP contribution in [0, 0.1) is 6.92 Å². The Morgan fingerprint density at radius 1 is 1.50 bits per heavy atom. The predicted molar refractivity (Wildman–Crippen MR) is 65.6 cm³/mol. The maximum Gasteiger partial charge on any atom is 0.195 e. The van der Waals surface area contributed by atoms with Crippen LogP contribution in [0.1, 0.15) is 20.1 Å². The van der Waals surface area contributed by atoms with Crippen molar-refractivity contribution in [1.82, 2.24) is 9.78 Å². The lowest BCUT2D eigenvalue weighted by atomic mass is 10.2. The highest BCUT2D eigenvalue weighted by atomic mass is 32.1. The molecule has 0 aromatic carbocycles. The van der Waals surface area contributed by atoms with Gasteiger partial charge in [-0.1, -0.05) is 0 Å². The van der Waals surface area contributed by atoms with Crippen LogP contribution in [-0.2, 0) is 7.05 Å². The van der Waals surface area contributed by atoms with E-state index in [9.17, 15) is 4.79 Å². The third kappa shape index (κ3) is 2.46. The molecule has 0 saturated heterocycles. The highest BCUT2D eigenvalue weighted by molar-refractivity contribution is 7.14. The van der Waals surface area contributed by atoms with E-state index < -0.39 is 0 Å². The van der Waals surface area contributed by atoms with Crippen LogP contribution < -0.4 is 0 Å². The van der Waals surface area contributed by atoms with Crippen molar-refractivity contribution in [2.45, 2.75) is 6.92 Å². The molecule has 0 radical (unpaired) electrons. The Morgan fingerprint density at radius 3 is 2.88 bits per heavy atom. The molecule has 0 unspecified atom stereocenters. The fraction of sp³-hybridized carbons (Fsp3) is 0.167. The van der Waals surface area contributed by atoms with Gasteiger partial charge in [-0.15, -0.1) is 11.3 Å². The van der Waals surface area contributed by atoms with Crippen LogP contribution in [0.2, 0.25) is 0 Å². The number of nitrogens with zero attached hydrogens (tertiary/aromatic N) is 2. The number of carbonyl (C=O) groups excluding carboxylic acids is 1. The van der Waals surface area contributed by atoms with Gasteiger partial charge >= 0.3 is 0 Å². The summed E-state index contributed by atoms with van der Waals surface area (Å²) < 4.78 is 1.71. The summed E-state index contributed by atoms with van der Waals surface area (Å²) in [4.78, 5) is 13.7. The highest BCUT2D eigenvalue weighted by Crippen LogP contribution is 2.16. The second-order valence-corrected chi connectivity index (χ2v) is 4.84. The third-order valence-corrected chi connectivity index (χ3v) is 3.15. The van der Waals surface area contributed by atoms with Gasteiger partial charge in [0.2, 0.25) is 0 Å². The van der Waals surface area contributed by atoms with Crippen molar-refractivity contribution in [3.8, 4) is 0 Å². The number of aromatic nitrogens is 2. The summed E-state index contributed by atoms with van der Waals surface area (Å²) >= 11 is 1.51. The summed E-state index contributed by atoms with van der Waals surface area (Å²) in [6, 6.07) is 3.81. The van der Waals surface area contributed by atoms with Crippen molar-refractivity contribution < 1.29 is 4.79 Å². The SMILES string of the molecule is Cc1ccc(C(=O)/C=C/c2cnn(C)c2)s1. The zero-order chi connectivity index (χ0) is 11.5. The van der Waals surface area contributed by atoms with Crippen LogP contribution in [-0.4, -0.2) is 15.6 Å². The van der Waals surface area contributed by atoms with Gasteiger partial charge in [0, 0.05) is 23.7 Å². The molecule has 0 saturated carbocycles. The maximum absolute atomic E-state index is 11.7. The molecule has 4 heteroatoms. The molecular weight excluding hydrogens is 220 g/mol. The van der Waals surface area contributed by atoms with Crippen LogP contribution >= 0.6 is 11.3 Å². The van der Waals surface area contributed by atoms with Crippen LogP contribution in [0.4, 0.5) is 0 Å². The lowest BCUT2D eigenvalue weighted by Crippen LogP contribution is -1.88. The van der Waals surface area contributed by atoms with Crippen molar-refractivity contribution in [2.75, 3.05) is 0 Å². The van der Waals surface area contributed by atoms with Gasteiger partial charge in [0.25, 0.3) is 0 Å². The molecule has 0 bridgehead atoms. The number of carbonyl (C=O) groups is 1. The first-order valence-electron chi connectivity index (χ1n) is 4.92. The lowest BCUT2D eigenvalue weighted by molar-refractivity contribution is 0.105. The summed E-state index contributed by atoms with van der Waals surface area (Å²) in [5, 5.41) is 4.03. The minimum Gasteiger partial charge on any atom is -0.288 e. The largest absolute Gasteiger partial charge is 0.288 e. The number of thiophene rings is 1. The molecule has 0 amide bonds. The van der Waals surface area contributed by atoms with E-state index in [1.54, 1.807) is 23.0 Å². The zero-order valence-electron chi connectivity index (χ0n) is 9.18. The van der Waals surface area contributed by atoms with Gasteiger partial charge < -0.3 is 0 Å². The van der Waals surface area contributed by atoms with Gasteiger partial charge in [0.15, 0.2) is 5.78 Å². The molecule has 0 spiro atoms. The van der Waals surface area contributed by atoms with E-state index in [0.29, 0.717) is 0 Å². The lowest BCUT2D eigenvalue weighted by Gasteiger charge is -1.87. The van der Waals surface area contributed by atoms with Crippen molar-refractivity contribution in [3.63, 3.8) is 0 Å². The number of hydrogen-bond donors (Lipinski definition) is 0. The highest BCUT2D eigenvalue weighted by Gasteiger charge is 2.03. The second-order valence-electron chi connectivity index (χ2n) is 3.56. The summed E-state index contributed by atoms with van der Waals surface area (Å²) in [6.07, 6.45) is 6.96. The Morgan fingerprint density at radius 2 is 2.31 bits per heavy atom. The molecule has 82 valence electrons. The smallest absolute Gasteiger partial charge is 0.195 e. The Bertz CT molecular complexity index is 537. The van der Waals surface area contributed by atoms with Crippen molar-refractivity contribution in [1.29, 1.82) is 0 Å². The number of allylic oxidation sites excluding steroid dienone is 1. The van der Waals surface area contributed by atoms with Gasteiger partial charge in [-0.05, 0) is 31.2 Å². The normalized spacial score (nSPS) is 11.1. The molecule has 0 atom stereocenters. The molecule has 0 aliphatic rings. The van der Waals surface area contributed by atoms with Crippen LogP contribution in [0.25, 0.3) is 6.08 Å². The van der Waals surface area contributed by atoms with Crippen LogP contribution in [0.3, 0.4) is 0 Å². The molecule has 16 heavy (non-hydrogen) atoms. The predicted octanol–water partition coefficient (Wildman–Crippen LogP) is 2.69. The topological polar surface area (TPSA) is 34.9 Å². The molecule has 2 aromatic rings. The van der Waals surface area contributed by atoms with E-state index in [1.807, 2.05) is 32.3 Å². The van der Waals surface area contributed by atoms with Gasteiger partial charge in [0.1, 0.15) is 0 Å². The summed E-state index contributed by atoms with van der Waals surface area (Å²) in [7, 11) is 1.85. The second kappa shape index (κ2) is 4.45. The Hall–Kier alpha value is -1.68. The van der Waals surface area contributed by atoms with E-state index in [-0.39, 0.29) is 5.78 Å². The van der Waals surface area contributed by atoms with E-state index in [0.717, 1.165) is 15.3 Å². The molecular formula is C12H12N2OS. The molecule has 3 nitrogen and oxygen atoms in total. The van der Waals surface area contributed by atoms with E-state index in [2.05, 4.69) is 5.10 Å². The summed E-state index contributed by atoms with van der Waals surface area (Å²) in [5.41, 5.74) is 0.934. The quantitative estimate of drug-likeness (QED) is 0.602. The van der Waals surface area contributed by atoms with Crippen LogP contribution in [0.5, 0.6) is 0 Å². The first-order valence-corrected chi connectivity index (χ1v) is 5.74. The minimum atomic E-state index is 0.0435. The molecule has 2 aromatic heterocycles. The fourth-order valence-corrected chi connectivity index (χ4v) is 2.13. The summed E-state index contributed by atoms with van der Waals surface area (Å²) in [5.74, 6) is 0.0435. The standard InChI is InChI=1S/C12H12N2OS/c1-9-3-6-12(16-9)11(15)5-4-10-7-13-14(2)8-10/h3-8H,1-2H3/b5-4+. The van der Waals surface area contributed by atoms with Crippen LogP contribution in [0.15, 0.2) is 30.6 Å². The number of aryl methyl sites for hydroxylation is 2. The fourth-order valence-electron chi connectivity index (χ4n) is 1.35. The molecule has 0 aliphatic carbocycles. The Kier molecular flexibility index (Phi) is 3.01. The average Bonchev–Trinajstić information content (AvgIpc) is 2.84. The van der Waals surface area contributed by atoms with Crippen molar-refractivity contribution >= 4 is 23.2 Å². The molecule has 2 heterocycles. The van der Waals surface area contributed by atoms with Gasteiger partial charge in [-0.3, -0.25) is 9.48 Å². The summed E-state index contributed by atoms with van der Waals surface area (Å²) in [6.45, 7) is 1.99. The Balaban J connectivity index is 2.10. The van der Waals surface area contributed by atoms with Crippen molar-refractivity contribution in [3.05, 3.63) is 45.9 Å². The van der Waals surface area contributed by atoms with E-state index in [1.165, 1.54) is 11.3 Å². The molecule has 2 rings (SSSR count). The van der Waals surface area contributed by atoms with E-state index in [4.69, 9.17) is 0 Å². The number of hydrogen-bond acceptors (Lipinski definition) is 3. The Labute approximate surface area is 98.0 Å². The molecule has 0 N–H and O–H groups in total. The first kappa shape index (κ1) is 10.8. The maximum atomic E-state index is 11.7. The van der Waals surface area contributed by atoms with Gasteiger partial charge in [0.05, 0.1) is 11.1 Å². The molecule has 0 fully saturated rings. The monoisotopic (exact) mass is 232 g/mol. The third-order valence-electron chi connectivity index (χ3n) is 2.14. The van der Waals surface area contributed by atoms with Gasteiger partial charge in [-0.25, -0.2) is 0 Å². The van der Waals surface area contributed by atoms with Crippen molar-refractivity contribution in [2.24, 2.45) is 7.05 Å².